The third-order valence-electron chi connectivity index (χ3n) is 4.99. The summed E-state index contributed by atoms with van der Waals surface area (Å²) >= 11 is 1.53. The molecule has 1 N–H and O–H groups in total. The van der Waals surface area contributed by atoms with Gasteiger partial charge in [0.05, 0.1) is 23.0 Å². The van der Waals surface area contributed by atoms with E-state index in [1.807, 2.05) is 37.3 Å². The molecule has 28 heavy (non-hydrogen) atoms. The Labute approximate surface area is 167 Å². The minimum atomic E-state index is -0.217. The third-order valence-corrected chi connectivity index (χ3v) is 6.12. The lowest BCUT2D eigenvalue weighted by molar-refractivity contribution is -0.122. The molecule has 0 unspecified atom stereocenters. The molecule has 0 saturated carbocycles. The summed E-state index contributed by atoms with van der Waals surface area (Å²) in [7, 11) is 1.64. The second-order valence-electron chi connectivity index (χ2n) is 6.89. The predicted molar refractivity (Wildman–Crippen MR) is 109 cm³/mol. The van der Waals surface area contributed by atoms with Gasteiger partial charge < -0.3 is 15.0 Å². The number of aromatic nitrogens is 3. The largest absolute Gasteiger partial charge is 0.378 e. The molecule has 1 aliphatic rings. The maximum absolute atomic E-state index is 13.0. The molecule has 7 nitrogen and oxygen atoms in total. The second-order valence-corrected chi connectivity index (χ2v) is 7.87. The zero-order valence-electron chi connectivity index (χ0n) is 16.0. The van der Waals surface area contributed by atoms with Gasteiger partial charge in [0.25, 0.3) is 0 Å². The van der Waals surface area contributed by atoms with Gasteiger partial charge in [-0.05, 0) is 25.3 Å². The fraction of sp³-hybridized carbons (Fsp3) is 0.400. The van der Waals surface area contributed by atoms with Crippen molar-refractivity contribution < 1.29 is 9.53 Å². The number of fused-ring (bicyclic) bond motifs is 1. The zero-order valence-corrected chi connectivity index (χ0v) is 16.8. The van der Waals surface area contributed by atoms with Gasteiger partial charge in [0.2, 0.25) is 5.91 Å². The number of hydrogen-bond donors (Lipinski definition) is 1. The Morgan fingerprint density at radius 1 is 1.36 bits per heavy atom. The average Bonchev–Trinajstić information content (AvgIpc) is 3.36. The normalized spacial score (nSPS) is 17.8. The van der Waals surface area contributed by atoms with Crippen molar-refractivity contribution in [2.45, 2.75) is 38.5 Å². The first-order valence-corrected chi connectivity index (χ1v) is 10.2. The van der Waals surface area contributed by atoms with E-state index in [-0.39, 0.29) is 18.0 Å². The molecule has 1 amide bonds. The van der Waals surface area contributed by atoms with Crippen LogP contribution in [0.5, 0.6) is 0 Å². The molecule has 8 heteroatoms. The zero-order chi connectivity index (χ0) is 19.5. The fourth-order valence-corrected chi connectivity index (χ4v) is 4.62. The monoisotopic (exact) mass is 397 g/mol. The summed E-state index contributed by atoms with van der Waals surface area (Å²) in [4.78, 5) is 28.3. The summed E-state index contributed by atoms with van der Waals surface area (Å²) in [5.41, 5.74) is 2.58. The summed E-state index contributed by atoms with van der Waals surface area (Å²) in [6, 6.07) is 9.75. The first kappa shape index (κ1) is 18.8. The molecule has 0 bridgehead atoms. The van der Waals surface area contributed by atoms with Gasteiger partial charge in [0, 0.05) is 13.7 Å². The second kappa shape index (κ2) is 8.20. The number of carbonyl (C=O) groups is 1. The van der Waals surface area contributed by atoms with Gasteiger partial charge in [-0.2, -0.15) is 4.98 Å². The first-order valence-electron chi connectivity index (χ1n) is 9.38. The van der Waals surface area contributed by atoms with E-state index in [2.05, 4.69) is 25.2 Å². The Morgan fingerprint density at radius 2 is 2.18 bits per heavy atom. The quantitative estimate of drug-likeness (QED) is 0.689. The van der Waals surface area contributed by atoms with Gasteiger partial charge in [0.1, 0.15) is 12.4 Å². The molecule has 0 spiro atoms. The number of ether oxygens (including phenoxy) is 1. The van der Waals surface area contributed by atoms with Gasteiger partial charge in [-0.25, -0.2) is 9.97 Å². The van der Waals surface area contributed by atoms with E-state index in [1.165, 1.54) is 17.7 Å². The van der Waals surface area contributed by atoms with E-state index < -0.39 is 0 Å². The van der Waals surface area contributed by atoms with Crippen LogP contribution in [0.25, 0.3) is 10.3 Å². The number of rotatable bonds is 6. The molecular weight excluding hydrogens is 374 g/mol. The Morgan fingerprint density at radius 3 is 2.96 bits per heavy atom. The van der Waals surface area contributed by atoms with E-state index in [1.54, 1.807) is 7.11 Å². The van der Waals surface area contributed by atoms with Crippen molar-refractivity contribution in [1.29, 1.82) is 0 Å². The van der Waals surface area contributed by atoms with E-state index in [9.17, 15) is 4.79 Å². The van der Waals surface area contributed by atoms with Gasteiger partial charge in [-0.15, -0.1) is 0 Å². The molecule has 3 aromatic rings. The van der Waals surface area contributed by atoms with Crippen LogP contribution in [-0.2, 0) is 16.1 Å². The highest BCUT2D eigenvalue weighted by molar-refractivity contribution is 7.22. The van der Waals surface area contributed by atoms with Crippen LogP contribution in [0, 0.1) is 0 Å². The van der Waals surface area contributed by atoms with Crippen LogP contribution < -0.4 is 10.2 Å². The Hall–Kier alpha value is -2.58. The van der Waals surface area contributed by atoms with Gasteiger partial charge in [-0.1, -0.05) is 41.7 Å². The number of hydrogen-bond acceptors (Lipinski definition) is 7. The fourth-order valence-electron chi connectivity index (χ4n) is 3.55. The molecule has 146 valence electrons. The van der Waals surface area contributed by atoms with Crippen molar-refractivity contribution in [1.82, 2.24) is 20.3 Å². The summed E-state index contributed by atoms with van der Waals surface area (Å²) in [6.45, 7) is 3.24. The van der Waals surface area contributed by atoms with E-state index >= 15 is 0 Å². The summed E-state index contributed by atoms with van der Waals surface area (Å²) < 4.78 is 6.15. The van der Waals surface area contributed by atoms with E-state index in [4.69, 9.17) is 4.74 Å². The summed E-state index contributed by atoms with van der Waals surface area (Å²) in [5, 5.41) is 3.97. The molecule has 2 aromatic heterocycles. The Balaban J connectivity index is 1.54. The van der Waals surface area contributed by atoms with Crippen LogP contribution in [-0.4, -0.2) is 40.6 Å². The van der Waals surface area contributed by atoms with Gasteiger partial charge in [0.15, 0.2) is 10.8 Å². The van der Waals surface area contributed by atoms with Gasteiger partial charge in [-0.3, -0.25) is 4.79 Å². The molecular formula is C20H23N5O2S. The molecule has 1 saturated heterocycles. The number of nitrogens with zero attached hydrogens (tertiary/aromatic N) is 4. The first-order chi connectivity index (χ1) is 13.7. The lowest BCUT2D eigenvalue weighted by Crippen LogP contribution is -2.44. The molecule has 1 aliphatic heterocycles. The number of benzene rings is 1. The van der Waals surface area contributed by atoms with Crippen molar-refractivity contribution >= 4 is 32.7 Å². The highest BCUT2D eigenvalue weighted by atomic mass is 32.1. The molecule has 0 radical (unpaired) electrons. The lowest BCUT2D eigenvalue weighted by Gasteiger charge is -2.25. The predicted octanol–water partition coefficient (Wildman–Crippen LogP) is 3.08. The Kier molecular flexibility index (Phi) is 5.50. The smallest absolute Gasteiger partial charge is 0.243 e. The van der Waals surface area contributed by atoms with Crippen molar-refractivity contribution in [3.05, 3.63) is 47.9 Å². The molecule has 1 fully saturated rings. The van der Waals surface area contributed by atoms with Crippen molar-refractivity contribution in [3.8, 4) is 0 Å². The molecule has 0 aliphatic carbocycles. The maximum atomic E-state index is 13.0. The van der Waals surface area contributed by atoms with Gasteiger partial charge >= 0.3 is 0 Å². The average molecular weight is 398 g/mol. The number of thiazole rings is 1. The van der Waals surface area contributed by atoms with E-state index in [0.29, 0.717) is 12.3 Å². The van der Waals surface area contributed by atoms with Crippen LogP contribution in [0.4, 0.5) is 5.13 Å². The maximum Gasteiger partial charge on any atom is 0.243 e. The molecule has 4 rings (SSSR count). The van der Waals surface area contributed by atoms with E-state index in [0.717, 1.165) is 40.5 Å². The highest BCUT2D eigenvalue weighted by Crippen LogP contribution is 2.34. The standard InChI is InChI=1S/C20H23N5O2S/c1-13(14-7-4-3-5-8-14)23-19(26)16-9-6-10-25(16)20-24-18-17(28-20)15(11-27-2)21-12-22-18/h3-5,7-8,12-13,16H,6,9-11H2,1-2H3,(H,23,26)/t13-,16-/m1/s1. The molecule has 1 aromatic carbocycles. The number of methoxy groups -OCH3 is 1. The minimum Gasteiger partial charge on any atom is -0.378 e. The van der Waals surface area contributed by atoms with Crippen molar-refractivity contribution in [3.63, 3.8) is 0 Å². The highest BCUT2D eigenvalue weighted by Gasteiger charge is 2.33. The molecule has 3 heterocycles. The van der Waals surface area contributed by atoms with Crippen molar-refractivity contribution in [2.24, 2.45) is 0 Å². The number of anilines is 1. The summed E-state index contributed by atoms with van der Waals surface area (Å²) in [6.07, 6.45) is 3.29. The van der Waals surface area contributed by atoms with Crippen molar-refractivity contribution in [2.75, 3.05) is 18.6 Å². The molecule has 2 atom stereocenters. The third kappa shape index (κ3) is 3.70. The van der Waals surface area contributed by atoms with Crippen LogP contribution >= 0.6 is 11.3 Å². The number of amides is 1. The Bertz CT molecular complexity index is 962. The van der Waals surface area contributed by atoms with Crippen LogP contribution in [0.2, 0.25) is 0 Å². The lowest BCUT2D eigenvalue weighted by atomic mass is 10.1. The van der Waals surface area contributed by atoms with Crippen LogP contribution in [0.15, 0.2) is 36.7 Å². The van der Waals surface area contributed by atoms with Crippen LogP contribution in [0.1, 0.15) is 37.1 Å². The summed E-state index contributed by atoms with van der Waals surface area (Å²) in [5.74, 6) is 0.0382. The number of nitrogens with one attached hydrogen (secondary N) is 1. The SMILES string of the molecule is COCc1ncnc2nc(N3CCC[C@@H]3C(=O)N[C@H](C)c3ccccc3)sc12. The minimum absolute atomic E-state index is 0.0364. The topological polar surface area (TPSA) is 80.2 Å². The number of carbonyl (C=O) groups excluding carboxylic acids is 1. The van der Waals surface area contributed by atoms with Crippen LogP contribution in [0.3, 0.4) is 0 Å².